The third kappa shape index (κ3) is 3.33. The fourth-order valence-electron chi connectivity index (χ4n) is 1.62. The summed E-state index contributed by atoms with van der Waals surface area (Å²) in [6.07, 6.45) is 0. The van der Waals surface area contributed by atoms with Gasteiger partial charge in [0.1, 0.15) is 0 Å². The van der Waals surface area contributed by atoms with E-state index in [1.165, 1.54) is 6.07 Å². The van der Waals surface area contributed by atoms with Crippen LogP contribution >= 0.6 is 0 Å². The molecule has 5 nitrogen and oxygen atoms in total. The summed E-state index contributed by atoms with van der Waals surface area (Å²) < 4.78 is 24.2. The smallest absolute Gasteiger partial charge is 0.264 e. The number of nitrogens with zero attached hydrogens (tertiary/aromatic N) is 2. The van der Waals surface area contributed by atoms with Crippen LogP contribution < -0.4 is 10.5 Å². The molecule has 0 amide bonds. The number of hydrogen-bond donors (Lipinski definition) is 1. The van der Waals surface area contributed by atoms with Gasteiger partial charge in [0, 0.05) is 12.0 Å². The third-order valence-corrected chi connectivity index (χ3v) is 2.83. The van der Waals surface area contributed by atoms with Gasteiger partial charge in [-0.05, 0) is 24.6 Å². The molecule has 0 spiro atoms. The van der Waals surface area contributed by atoms with E-state index in [0.717, 1.165) is 5.56 Å². The summed E-state index contributed by atoms with van der Waals surface area (Å²) in [6.45, 7) is 5.75. The predicted octanol–water partition coefficient (Wildman–Crippen LogP) is 2.93. The minimum atomic E-state index is -0.455. The van der Waals surface area contributed by atoms with Crippen molar-refractivity contribution < 1.29 is 13.7 Å². The van der Waals surface area contributed by atoms with E-state index in [1.54, 1.807) is 19.1 Å². The lowest BCUT2D eigenvalue weighted by atomic mass is 10.1. The van der Waals surface area contributed by atoms with Crippen LogP contribution in [-0.4, -0.2) is 10.1 Å². The maximum Gasteiger partial charge on any atom is 0.264 e. The average molecular weight is 279 g/mol. The quantitative estimate of drug-likeness (QED) is 0.910. The SMILES string of the molecule is CC(C)c1noc(COc2ccc([C@H](C)N)cc2F)n1. The van der Waals surface area contributed by atoms with Crippen molar-refractivity contribution in [1.29, 1.82) is 0 Å². The molecule has 6 heteroatoms. The minimum Gasteiger partial charge on any atom is -0.481 e. The number of aromatic nitrogens is 2. The first-order valence-electron chi connectivity index (χ1n) is 6.47. The van der Waals surface area contributed by atoms with Gasteiger partial charge in [-0.25, -0.2) is 4.39 Å². The van der Waals surface area contributed by atoms with E-state index in [1.807, 2.05) is 13.8 Å². The summed E-state index contributed by atoms with van der Waals surface area (Å²) in [5, 5.41) is 3.81. The molecule has 0 saturated carbocycles. The van der Waals surface area contributed by atoms with E-state index in [4.69, 9.17) is 15.0 Å². The van der Waals surface area contributed by atoms with E-state index in [-0.39, 0.29) is 24.3 Å². The van der Waals surface area contributed by atoms with E-state index in [0.29, 0.717) is 11.7 Å². The lowest BCUT2D eigenvalue weighted by molar-refractivity contribution is 0.234. The Hall–Kier alpha value is -1.95. The van der Waals surface area contributed by atoms with Gasteiger partial charge in [0.15, 0.2) is 24.0 Å². The minimum absolute atomic E-state index is 0.0359. The van der Waals surface area contributed by atoms with Crippen LogP contribution in [-0.2, 0) is 6.61 Å². The number of halogens is 1. The van der Waals surface area contributed by atoms with Crippen molar-refractivity contribution in [2.75, 3.05) is 0 Å². The van der Waals surface area contributed by atoms with Gasteiger partial charge < -0.3 is 15.0 Å². The zero-order chi connectivity index (χ0) is 14.7. The van der Waals surface area contributed by atoms with E-state index < -0.39 is 5.82 Å². The summed E-state index contributed by atoms with van der Waals surface area (Å²) in [5.41, 5.74) is 6.41. The van der Waals surface area contributed by atoms with Gasteiger partial charge in [-0.3, -0.25) is 0 Å². The molecule has 2 N–H and O–H groups in total. The molecule has 1 aromatic heterocycles. The lowest BCUT2D eigenvalue weighted by Gasteiger charge is -2.09. The highest BCUT2D eigenvalue weighted by Crippen LogP contribution is 2.22. The molecule has 2 rings (SSSR count). The third-order valence-electron chi connectivity index (χ3n) is 2.83. The van der Waals surface area contributed by atoms with Crippen LogP contribution in [0.3, 0.4) is 0 Å². The van der Waals surface area contributed by atoms with E-state index in [2.05, 4.69) is 10.1 Å². The van der Waals surface area contributed by atoms with Gasteiger partial charge >= 0.3 is 0 Å². The molecular formula is C14H18FN3O2. The molecule has 0 aliphatic rings. The molecular weight excluding hydrogens is 261 g/mol. The summed E-state index contributed by atoms with van der Waals surface area (Å²) >= 11 is 0. The van der Waals surface area contributed by atoms with Gasteiger partial charge in [0.05, 0.1) is 0 Å². The van der Waals surface area contributed by atoms with Crippen LogP contribution in [0.2, 0.25) is 0 Å². The Morgan fingerprint density at radius 3 is 2.65 bits per heavy atom. The average Bonchev–Trinajstić information content (AvgIpc) is 2.86. The maximum atomic E-state index is 13.8. The number of hydrogen-bond acceptors (Lipinski definition) is 5. The van der Waals surface area contributed by atoms with Crippen molar-refractivity contribution in [1.82, 2.24) is 10.1 Å². The lowest BCUT2D eigenvalue weighted by Crippen LogP contribution is -2.06. The highest BCUT2D eigenvalue weighted by molar-refractivity contribution is 5.30. The molecule has 1 atom stereocenters. The second-order valence-electron chi connectivity index (χ2n) is 4.97. The molecule has 0 saturated heterocycles. The van der Waals surface area contributed by atoms with Gasteiger partial charge in [-0.1, -0.05) is 25.1 Å². The van der Waals surface area contributed by atoms with Crippen LogP contribution in [0.25, 0.3) is 0 Å². The Balaban J connectivity index is 2.03. The largest absolute Gasteiger partial charge is 0.481 e. The molecule has 0 radical (unpaired) electrons. The number of ether oxygens (including phenoxy) is 1. The fraction of sp³-hybridized carbons (Fsp3) is 0.429. The summed E-state index contributed by atoms with van der Waals surface area (Å²) in [5.74, 6) is 0.789. The Labute approximate surface area is 116 Å². The van der Waals surface area contributed by atoms with Crippen molar-refractivity contribution in [3.63, 3.8) is 0 Å². The zero-order valence-corrected chi connectivity index (χ0v) is 11.8. The first-order valence-corrected chi connectivity index (χ1v) is 6.47. The summed E-state index contributed by atoms with van der Waals surface area (Å²) in [7, 11) is 0. The highest BCUT2D eigenvalue weighted by Gasteiger charge is 2.12. The number of rotatable bonds is 5. The first-order chi connectivity index (χ1) is 9.47. The topological polar surface area (TPSA) is 74.2 Å². The maximum absolute atomic E-state index is 13.8. The van der Waals surface area contributed by atoms with Crippen LogP contribution in [0.4, 0.5) is 4.39 Å². The van der Waals surface area contributed by atoms with Gasteiger partial charge in [-0.2, -0.15) is 4.98 Å². The van der Waals surface area contributed by atoms with E-state index >= 15 is 0 Å². The second-order valence-corrected chi connectivity index (χ2v) is 4.97. The fourth-order valence-corrected chi connectivity index (χ4v) is 1.62. The number of nitrogens with two attached hydrogens (primary N) is 1. The molecule has 20 heavy (non-hydrogen) atoms. The van der Waals surface area contributed by atoms with Crippen molar-refractivity contribution in [3.8, 4) is 5.75 Å². The monoisotopic (exact) mass is 279 g/mol. The van der Waals surface area contributed by atoms with Crippen LogP contribution in [0.5, 0.6) is 5.75 Å². The molecule has 0 aliphatic carbocycles. The van der Waals surface area contributed by atoms with Crippen LogP contribution in [0.15, 0.2) is 22.7 Å². The van der Waals surface area contributed by atoms with Gasteiger partial charge in [0.2, 0.25) is 0 Å². The number of benzene rings is 1. The summed E-state index contributed by atoms with van der Waals surface area (Å²) in [6, 6.07) is 4.43. The molecule has 108 valence electrons. The summed E-state index contributed by atoms with van der Waals surface area (Å²) in [4.78, 5) is 4.16. The standard InChI is InChI=1S/C14H18FN3O2/c1-8(2)14-17-13(20-18-14)7-19-12-5-4-10(9(3)16)6-11(12)15/h4-6,8-9H,7,16H2,1-3H3/t9-/m0/s1. The zero-order valence-electron chi connectivity index (χ0n) is 11.8. The predicted molar refractivity (Wildman–Crippen MR) is 71.7 cm³/mol. The molecule has 1 heterocycles. The normalized spacial score (nSPS) is 12.7. The molecule has 2 aromatic rings. The van der Waals surface area contributed by atoms with E-state index in [9.17, 15) is 4.39 Å². The van der Waals surface area contributed by atoms with Crippen LogP contribution in [0, 0.1) is 5.82 Å². The Kier molecular flexibility index (Phi) is 4.34. The van der Waals surface area contributed by atoms with Gasteiger partial charge in [-0.15, -0.1) is 0 Å². The Bertz CT molecular complexity index is 582. The molecule has 1 aromatic carbocycles. The Morgan fingerprint density at radius 2 is 2.10 bits per heavy atom. The molecule has 0 unspecified atom stereocenters. The van der Waals surface area contributed by atoms with Gasteiger partial charge in [0.25, 0.3) is 5.89 Å². The van der Waals surface area contributed by atoms with Crippen molar-refractivity contribution in [2.45, 2.75) is 39.3 Å². The van der Waals surface area contributed by atoms with Crippen LogP contribution in [0.1, 0.15) is 50.0 Å². The molecule has 0 fully saturated rings. The first kappa shape index (κ1) is 14.5. The van der Waals surface area contributed by atoms with Crippen molar-refractivity contribution in [2.24, 2.45) is 5.73 Å². The highest BCUT2D eigenvalue weighted by atomic mass is 19.1. The second kappa shape index (κ2) is 6.00. The Morgan fingerprint density at radius 1 is 1.35 bits per heavy atom. The molecule has 0 aliphatic heterocycles. The van der Waals surface area contributed by atoms with Crippen molar-refractivity contribution >= 4 is 0 Å². The van der Waals surface area contributed by atoms with Crippen molar-refractivity contribution in [3.05, 3.63) is 41.3 Å². The molecule has 0 bridgehead atoms.